The summed E-state index contributed by atoms with van der Waals surface area (Å²) in [4.78, 5) is 23.7. The summed E-state index contributed by atoms with van der Waals surface area (Å²) in [5.41, 5.74) is 0.431. The van der Waals surface area contributed by atoms with Gasteiger partial charge in [0.15, 0.2) is 0 Å². The van der Waals surface area contributed by atoms with Crippen molar-refractivity contribution in [3.8, 4) is 0 Å². The minimum atomic E-state index is -0.851. The highest BCUT2D eigenvalue weighted by atomic mass is 35.5. The molecule has 2 amide bonds. The quantitative estimate of drug-likeness (QED) is 0.731. The van der Waals surface area contributed by atoms with Crippen LogP contribution in [0.25, 0.3) is 0 Å². The number of hydrogen-bond acceptors (Lipinski definition) is 4. The molecule has 0 radical (unpaired) electrons. The van der Waals surface area contributed by atoms with E-state index in [2.05, 4.69) is 10.6 Å². The first kappa shape index (κ1) is 17.1. The number of hydrogen-bond donors (Lipinski definition) is 3. The Labute approximate surface area is 138 Å². The number of benzene rings is 1. The highest BCUT2D eigenvalue weighted by Gasteiger charge is 2.20. The lowest BCUT2D eigenvalue weighted by Gasteiger charge is -2.16. The van der Waals surface area contributed by atoms with Gasteiger partial charge in [0.05, 0.1) is 6.26 Å². The molecule has 6 nitrogen and oxygen atoms in total. The number of aliphatic hydroxyl groups is 1. The van der Waals surface area contributed by atoms with E-state index in [0.717, 1.165) is 0 Å². The third-order valence-corrected chi connectivity index (χ3v) is 3.35. The number of anilines is 1. The second-order valence-corrected chi connectivity index (χ2v) is 5.54. The lowest BCUT2D eigenvalue weighted by molar-refractivity contribution is -0.136. The molecule has 0 saturated carbocycles. The molecule has 0 bridgehead atoms. The van der Waals surface area contributed by atoms with Crippen molar-refractivity contribution < 1.29 is 19.1 Å². The van der Waals surface area contributed by atoms with Crippen molar-refractivity contribution in [1.82, 2.24) is 5.32 Å². The smallest absolute Gasteiger partial charge is 0.313 e. The van der Waals surface area contributed by atoms with Gasteiger partial charge < -0.3 is 20.2 Å². The van der Waals surface area contributed by atoms with Gasteiger partial charge in [-0.1, -0.05) is 17.7 Å². The summed E-state index contributed by atoms with van der Waals surface area (Å²) >= 11 is 5.81. The number of halogens is 1. The van der Waals surface area contributed by atoms with Gasteiger partial charge in [0.2, 0.25) is 0 Å². The van der Waals surface area contributed by atoms with Crippen LogP contribution in [0, 0.1) is 0 Å². The topological polar surface area (TPSA) is 91.6 Å². The number of aliphatic hydroxyl groups excluding tert-OH is 1. The van der Waals surface area contributed by atoms with Crippen LogP contribution in [0.5, 0.6) is 0 Å². The van der Waals surface area contributed by atoms with Gasteiger partial charge in [-0.2, -0.15) is 0 Å². The van der Waals surface area contributed by atoms with Gasteiger partial charge in [-0.15, -0.1) is 0 Å². The van der Waals surface area contributed by atoms with Crippen LogP contribution < -0.4 is 10.6 Å². The zero-order valence-electron chi connectivity index (χ0n) is 12.5. The molecule has 7 heteroatoms. The molecule has 2 atom stereocenters. The Kier molecular flexibility index (Phi) is 5.78. The Hall–Kier alpha value is -2.31. The summed E-state index contributed by atoms with van der Waals surface area (Å²) in [6, 6.07) is 9.39. The number of carbonyl (C=O) groups excluding carboxylic acids is 2. The van der Waals surface area contributed by atoms with Crippen molar-refractivity contribution in [2.24, 2.45) is 0 Å². The maximum atomic E-state index is 11.8. The van der Waals surface area contributed by atoms with Crippen LogP contribution in [0.15, 0.2) is 47.1 Å². The first-order valence-corrected chi connectivity index (χ1v) is 7.42. The summed E-state index contributed by atoms with van der Waals surface area (Å²) in [5, 5.41) is 15.4. The molecular formula is C16H17ClN2O4. The molecule has 2 unspecified atom stereocenters. The summed E-state index contributed by atoms with van der Waals surface area (Å²) in [6.45, 7) is 1.69. The molecule has 0 aliphatic carbocycles. The summed E-state index contributed by atoms with van der Waals surface area (Å²) in [5.74, 6) is -1.18. The van der Waals surface area contributed by atoms with Crippen molar-refractivity contribution in [2.75, 3.05) is 5.32 Å². The molecule has 0 fully saturated rings. The predicted molar refractivity (Wildman–Crippen MR) is 86.0 cm³/mol. The average Bonchev–Trinajstić information content (AvgIpc) is 3.01. The number of nitrogens with one attached hydrogen (secondary N) is 2. The summed E-state index contributed by atoms with van der Waals surface area (Å²) in [6.07, 6.45) is 0.834. The van der Waals surface area contributed by atoms with Gasteiger partial charge in [-0.05, 0) is 37.3 Å². The van der Waals surface area contributed by atoms with Crippen LogP contribution in [0.3, 0.4) is 0 Å². The van der Waals surface area contributed by atoms with Crippen LogP contribution in [0.2, 0.25) is 5.02 Å². The van der Waals surface area contributed by atoms with Gasteiger partial charge in [0.25, 0.3) is 0 Å². The highest BCUT2D eigenvalue weighted by Crippen LogP contribution is 2.18. The molecule has 2 rings (SSSR count). The van der Waals surface area contributed by atoms with E-state index in [4.69, 9.17) is 16.0 Å². The first-order chi connectivity index (χ1) is 11.0. The van der Waals surface area contributed by atoms with E-state index in [1.807, 2.05) is 0 Å². The van der Waals surface area contributed by atoms with Crippen molar-refractivity contribution in [1.29, 1.82) is 0 Å². The molecule has 3 N–H and O–H groups in total. The molecule has 0 aliphatic heterocycles. The predicted octanol–water partition coefficient (Wildman–Crippen LogP) is 2.50. The standard InChI is InChI=1S/C16H17ClN2O4/c1-10(8-13(20)14-6-3-7-23-14)18-15(21)16(22)19-12-5-2-4-11(17)9-12/h2-7,9-10,13,20H,8H2,1H3,(H,18,21)(H,19,22). The minimum Gasteiger partial charge on any atom is -0.467 e. The number of amides is 2. The number of furan rings is 1. The van der Waals surface area contributed by atoms with E-state index >= 15 is 0 Å². The lowest BCUT2D eigenvalue weighted by atomic mass is 10.1. The molecule has 0 spiro atoms. The Morgan fingerprint density at radius 1 is 1.26 bits per heavy atom. The van der Waals surface area contributed by atoms with E-state index in [1.54, 1.807) is 37.3 Å². The van der Waals surface area contributed by atoms with Crippen molar-refractivity contribution in [3.63, 3.8) is 0 Å². The van der Waals surface area contributed by atoms with Crippen LogP contribution in [0.1, 0.15) is 25.2 Å². The summed E-state index contributed by atoms with van der Waals surface area (Å²) in [7, 11) is 0. The van der Waals surface area contributed by atoms with Gasteiger partial charge in [0, 0.05) is 23.2 Å². The van der Waals surface area contributed by atoms with Gasteiger partial charge in [-0.3, -0.25) is 9.59 Å². The second-order valence-electron chi connectivity index (χ2n) is 5.11. The fourth-order valence-electron chi connectivity index (χ4n) is 2.03. The molecule has 0 aliphatic rings. The SMILES string of the molecule is CC(CC(O)c1ccco1)NC(=O)C(=O)Nc1cccc(Cl)c1. The second kappa shape index (κ2) is 7.80. The zero-order valence-corrected chi connectivity index (χ0v) is 13.2. The molecule has 1 heterocycles. The lowest BCUT2D eigenvalue weighted by Crippen LogP contribution is -2.41. The van der Waals surface area contributed by atoms with Crippen molar-refractivity contribution >= 4 is 29.1 Å². The third kappa shape index (κ3) is 5.12. The fraction of sp³-hybridized carbons (Fsp3) is 0.250. The maximum Gasteiger partial charge on any atom is 0.313 e. The van der Waals surface area contributed by atoms with E-state index < -0.39 is 24.0 Å². The van der Waals surface area contributed by atoms with Crippen LogP contribution >= 0.6 is 11.6 Å². The van der Waals surface area contributed by atoms with Gasteiger partial charge in [0.1, 0.15) is 11.9 Å². The molecular weight excluding hydrogens is 320 g/mol. The molecule has 0 saturated heterocycles. The molecule has 1 aromatic carbocycles. The maximum absolute atomic E-state index is 11.8. The number of rotatable bonds is 5. The zero-order chi connectivity index (χ0) is 16.8. The first-order valence-electron chi connectivity index (χ1n) is 7.04. The van der Waals surface area contributed by atoms with Crippen molar-refractivity contribution in [3.05, 3.63) is 53.4 Å². The number of carbonyl (C=O) groups is 2. The Morgan fingerprint density at radius 3 is 2.70 bits per heavy atom. The van der Waals surface area contributed by atoms with E-state index in [-0.39, 0.29) is 6.42 Å². The van der Waals surface area contributed by atoms with Crippen LogP contribution in [-0.2, 0) is 9.59 Å². The molecule has 1 aromatic heterocycles. The highest BCUT2D eigenvalue weighted by molar-refractivity contribution is 6.39. The monoisotopic (exact) mass is 336 g/mol. The van der Waals surface area contributed by atoms with E-state index in [1.165, 1.54) is 12.3 Å². The van der Waals surface area contributed by atoms with Crippen LogP contribution in [0.4, 0.5) is 5.69 Å². The largest absolute Gasteiger partial charge is 0.467 e. The van der Waals surface area contributed by atoms with E-state index in [9.17, 15) is 14.7 Å². The average molecular weight is 337 g/mol. The Morgan fingerprint density at radius 2 is 2.04 bits per heavy atom. The molecule has 122 valence electrons. The fourth-order valence-corrected chi connectivity index (χ4v) is 2.22. The van der Waals surface area contributed by atoms with Gasteiger partial charge in [-0.25, -0.2) is 0 Å². The Bertz CT molecular complexity index is 672. The molecule has 2 aromatic rings. The third-order valence-electron chi connectivity index (χ3n) is 3.11. The summed E-state index contributed by atoms with van der Waals surface area (Å²) < 4.78 is 5.08. The Balaban J connectivity index is 1.84. The van der Waals surface area contributed by atoms with E-state index in [0.29, 0.717) is 16.5 Å². The molecule has 23 heavy (non-hydrogen) atoms. The normalized spacial score (nSPS) is 13.2. The van der Waals surface area contributed by atoms with Gasteiger partial charge >= 0.3 is 11.8 Å². The minimum absolute atomic E-state index is 0.226. The van der Waals surface area contributed by atoms with Crippen molar-refractivity contribution in [2.45, 2.75) is 25.5 Å². The van der Waals surface area contributed by atoms with Crippen LogP contribution in [-0.4, -0.2) is 23.0 Å².